The molecule has 8 heteroatoms. The van der Waals surface area contributed by atoms with E-state index in [9.17, 15) is 9.59 Å². The van der Waals surface area contributed by atoms with Gasteiger partial charge in [0, 0.05) is 4.91 Å². The summed E-state index contributed by atoms with van der Waals surface area (Å²) in [6.07, 6.45) is 0. The van der Waals surface area contributed by atoms with Gasteiger partial charge in [0.15, 0.2) is 0 Å². The van der Waals surface area contributed by atoms with E-state index in [0.717, 1.165) is 0 Å². The summed E-state index contributed by atoms with van der Waals surface area (Å²) >= 11 is 0. The molecule has 0 unspecified atom stereocenters. The number of carboxylic acid groups (broad SMARTS) is 1. The maximum Gasteiger partial charge on any atom is 0.320 e. The maximum atomic E-state index is 10.9. The number of rotatable bonds is 7. The summed E-state index contributed by atoms with van der Waals surface area (Å²) in [6.45, 7) is 1.39. The second-order valence-corrected chi connectivity index (χ2v) is 2.49. The van der Waals surface area contributed by atoms with E-state index in [4.69, 9.17) is 10.6 Å². The summed E-state index contributed by atoms with van der Waals surface area (Å²) in [7, 11) is 0. The molecule has 1 atom stereocenters. The zero-order chi connectivity index (χ0) is 11.7. The first-order chi connectivity index (χ1) is 7.11. The van der Waals surface area contributed by atoms with Crippen molar-refractivity contribution in [3.8, 4) is 0 Å². The number of carbonyl (C=O) groups is 2. The molecular formula is C7H12N4O4. The molecule has 0 spiro atoms. The van der Waals surface area contributed by atoms with Crippen molar-refractivity contribution in [1.82, 2.24) is 5.32 Å². The summed E-state index contributed by atoms with van der Waals surface area (Å²) < 4.78 is 4.58. The Morgan fingerprint density at radius 3 is 2.80 bits per heavy atom. The molecule has 0 aromatic heterocycles. The van der Waals surface area contributed by atoms with Gasteiger partial charge in [0.25, 0.3) is 0 Å². The van der Waals surface area contributed by atoms with Crippen molar-refractivity contribution in [2.45, 2.75) is 13.0 Å². The molecule has 0 rings (SSSR count). The monoisotopic (exact) mass is 216 g/mol. The third kappa shape index (κ3) is 6.30. The quantitative estimate of drug-likeness (QED) is 0.266. The molecule has 0 bridgehead atoms. The molecule has 0 radical (unpaired) electrons. The van der Waals surface area contributed by atoms with Crippen LogP contribution in [0.5, 0.6) is 0 Å². The third-order valence-corrected chi connectivity index (χ3v) is 1.42. The van der Waals surface area contributed by atoms with Crippen LogP contribution in [0.25, 0.3) is 10.4 Å². The zero-order valence-corrected chi connectivity index (χ0v) is 8.21. The van der Waals surface area contributed by atoms with Gasteiger partial charge >= 0.3 is 11.9 Å². The number of esters is 1. The second kappa shape index (κ2) is 7.60. The summed E-state index contributed by atoms with van der Waals surface area (Å²) in [5, 5.41) is 14.1. The van der Waals surface area contributed by atoms with Gasteiger partial charge in [0.1, 0.15) is 6.04 Å². The molecule has 0 heterocycles. The lowest BCUT2D eigenvalue weighted by Crippen LogP contribution is -2.42. The molecule has 15 heavy (non-hydrogen) atoms. The molecule has 8 nitrogen and oxygen atoms in total. The first-order valence-corrected chi connectivity index (χ1v) is 4.24. The van der Waals surface area contributed by atoms with Crippen molar-refractivity contribution >= 4 is 11.9 Å². The van der Waals surface area contributed by atoms with Crippen molar-refractivity contribution in [2.75, 3.05) is 19.7 Å². The topological polar surface area (TPSA) is 124 Å². The summed E-state index contributed by atoms with van der Waals surface area (Å²) in [6, 6.07) is -1.08. The Morgan fingerprint density at radius 2 is 2.33 bits per heavy atom. The number of ether oxygens (including phenoxy) is 1. The van der Waals surface area contributed by atoms with Gasteiger partial charge in [-0.25, -0.2) is 0 Å². The first kappa shape index (κ1) is 13.2. The van der Waals surface area contributed by atoms with E-state index >= 15 is 0 Å². The van der Waals surface area contributed by atoms with Crippen LogP contribution in [0.2, 0.25) is 0 Å². The Labute approximate surface area is 85.8 Å². The molecule has 0 saturated carbocycles. The molecule has 0 aromatic rings. The Morgan fingerprint density at radius 1 is 1.67 bits per heavy atom. The Balaban J connectivity index is 4.01. The largest absolute Gasteiger partial charge is 0.480 e. The van der Waals surface area contributed by atoms with Gasteiger partial charge in [0.05, 0.1) is 19.7 Å². The molecule has 0 aliphatic carbocycles. The minimum absolute atomic E-state index is 0.230. The van der Waals surface area contributed by atoms with E-state index in [1.54, 1.807) is 6.92 Å². The smallest absolute Gasteiger partial charge is 0.320 e. The van der Waals surface area contributed by atoms with Gasteiger partial charge in [0.2, 0.25) is 0 Å². The van der Waals surface area contributed by atoms with E-state index < -0.39 is 18.0 Å². The van der Waals surface area contributed by atoms with Crippen molar-refractivity contribution in [3.63, 3.8) is 0 Å². The summed E-state index contributed by atoms with van der Waals surface area (Å²) in [5.41, 5.74) is 8.00. The normalized spacial score (nSPS) is 11.3. The van der Waals surface area contributed by atoms with Crippen LogP contribution in [0.4, 0.5) is 0 Å². The predicted octanol–water partition coefficient (Wildman–Crippen LogP) is -0.0974. The van der Waals surface area contributed by atoms with E-state index in [1.165, 1.54) is 0 Å². The fraction of sp³-hybridized carbons (Fsp3) is 0.714. The molecule has 0 saturated heterocycles. The van der Waals surface area contributed by atoms with Crippen LogP contribution in [-0.2, 0) is 14.3 Å². The number of hydrogen-bond acceptors (Lipinski definition) is 5. The van der Waals surface area contributed by atoms with Crippen molar-refractivity contribution in [1.29, 1.82) is 0 Å². The van der Waals surface area contributed by atoms with Crippen molar-refractivity contribution in [3.05, 3.63) is 10.4 Å². The number of nitrogens with zero attached hydrogens (tertiary/aromatic N) is 3. The van der Waals surface area contributed by atoms with Crippen LogP contribution >= 0.6 is 0 Å². The molecular weight excluding hydrogens is 204 g/mol. The number of hydrogen-bond donors (Lipinski definition) is 2. The lowest BCUT2D eigenvalue weighted by atomic mass is 10.3. The van der Waals surface area contributed by atoms with Crippen LogP contribution in [0.15, 0.2) is 5.11 Å². The van der Waals surface area contributed by atoms with Crippen LogP contribution in [0.3, 0.4) is 0 Å². The SMILES string of the molecule is CCOC(=O)CN[C@H](CN=[N+]=[N-])C(=O)O. The van der Waals surface area contributed by atoms with E-state index in [1.807, 2.05) is 0 Å². The number of aliphatic carboxylic acids is 1. The Kier molecular flexibility index (Phi) is 6.69. The lowest BCUT2D eigenvalue weighted by molar-refractivity contribution is -0.143. The zero-order valence-electron chi connectivity index (χ0n) is 8.21. The highest BCUT2D eigenvalue weighted by Crippen LogP contribution is 1.87. The van der Waals surface area contributed by atoms with Crippen molar-refractivity contribution < 1.29 is 19.4 Å². The average molecular weight is 216 g/mol. The molecule has 0 amide bonds. The van der Waals surface area contributed by atoms with Crippen LogP contribution in [0.1, 0.15) is 6.92 Å². The second-order valence-electron chi connectivity index (χ2n) is 2.49. The Hall–Kier alpha value is -1.79. The number of carbonyl (C=O) groups excluding carboxylic acids is 1. The molecule has 84 valence electrons. The van der Waals surface area contributed by atoms with Gasteiger partial charge in [-0.3, -0.25) is 14.9 Å². The van der Waals surface area contributed by atoms with Crippen LogP contribution < -0.4 is 5.32 Å². The van der Waals surface area contributed by atoms with Crippen LogP contribution in [-0.4, -0.2) is 42.8 Å². The summed E-state index contributed by atoms with van der Waals surface area (Å²) in [4.78, 5) is 23.9. The minimum atomic E-state index is -1.19. The number of azide groups is 1. The molecule has 2 N–H and O–H groups in total. The Bertz CT molecular complexity index is 274. The highest BCUT2D eigenvalue weighted by Gasteiger charge is 2.16. The van der Waals surface area contributed by atoms with E-state index in [2.05, 4.69) is 20.1 Å². The molecule has 0 fully saturated rings. The van der Waals surface area contributed by atoms with Crippen molar-refractivity contribution in [2.24, 2.45) is 5.11 Å². The summed E-state index contributed by atoms with van der Waals surface area (Å²) in [5.74, 6) is -1.74. The minimum Gasteiger partial charge on any atom is -0.480 e. The maximum absolute atomic E-state index is 10.9. The fourth-order valence-electron chi connectivity index (χ4n) is 0.767. The molecule has 0 aromatic carbocycles. The highest BCUT2D eigenvalue weighted by atomic mass is 16.5. The number of nitrogens with one attached hydrogen (secondary N) is 1. The molecule has 0 aliphatic heterocycles. The van der Waals surface area contributed by atoms with Gasteiger partial charge in [-0.1, -0.05) is 5.11 Å². The highest BCUT2D eigenvalue weighted by molar-refractivity contribution is 5.76. The lowest BCUT2D eigenvalue weighted by Gasteiger charge is -2.10. The van der Waals surface area contributed by atoms with Gasteiger partial charge in [-0.05, 0) is 12.5 Å². The fourth-order valence-corrected chi connectivity index (χ4v) is 0.767. The van der Waals surface area contributed by atoms with Crippen LogP contribution in [0, 0.1) is 0 Å². The van der Waals surface area contributed by atoms with E-state index in [0.29, 0.717) is 0 Å². The predicted molar refractivity (Wildman–Crippen MR) is 50.1 cm³/mol. The average Bonchev–Trinajstić information content (AvgIpc) is 2.17. The van der Waals surface area contributed by atoms with Gasteiger partial charge < -0.3 is 9.84 Å². The van der Waals surface area contributed by atoms with Gasteiger partial charge in [-0.15, -0.1) is 0 Å². The third-order valence-electron chi connectivity index (χ3n) is 1.42. The standard InChI is InChI=1S/C7H12N4O4/c1-2-15-6(12)4-9-5(7(13)14)3-10-11-8/h5,9H,2-4H2,1H3,(H,13,14)/t5-/m1/s1. The first-order valence-electron chi connectivity index (χ1n) is 4.24. The van der Waals surface area contributed by atoms with E-state index in [-0.39, 0.29) is 19.7 Å². The number of carboxylic acids is 1. The molecule has 0 aliphatic rings. The van der Waals surface area contributed by atoms with Gasteiger partial charge in [-0.2, -0.15) is 0 Å².